The molecule has 1 aliphatic rings. The molecule has 0 saturated carbocycles. The highest BCUT2D eigenvalue weighted by Gasteiger charge is 2.12. The standard InChI is InChI=1S/C29H33N7O4/c1-20-17-27(35-40-20)32-29(38)30-19-21-5-7-22(8-6-21)25-18-26(34-33-25)31-28(37)23-9-11-24(12-10-23)39-16-4-15-36-13-2-3-14-36/h5-12,17-18H,2-4,13-16,19H2,1H3,(H2,30,32,35,38)(H2,31,33,34,37). The minimum absolute atomic E-state index is 0.251. The van der Waals surface area contributed by atoms with Crippen LogP contribution in [0.25, 0.3) is 11.3 Å². The zero-order valence-electron chi connectivity index (χ0n) is 22.4. The molecular formula is C29H33N7O4. The summed E-state index contributed by atoms with van der Waals surface area (Å²) in [6, 6.07) is 17.8. The number of ether oxygens (including phenoxy) is 1. The minimum Gasteiger partial charge on any atom is -0.494 e. The van der Waals surface area contributed by atoms with E-state index in [0.29, 0.717) is 36.1 Å². The smallest absolute Gasteiger partial charge is 0.320 e. The Kier molecular flexibility index (Phi) is 8.72. The maximum atomic E-state index is 12.7. The highest BCUT2D eigenvalue weighted by atomic mass is 16.5. The second kappa shape index (κ2) is 12.9. The Morgan fingerprint density at radius 1 is 1.00 bits per heavy atom. The largest absolute Gasteiger partial charge is 0.494 e. The minimum atomic E-state index is -0.374. The fraction of sp³-hybridized carbons (Fsp3) is 0.310. The van der Waals surface area contributed by atoms with Gasteiger partial charge in [0.05, 0.1) is 12.3 Å². The number of aryl methyl sites for hydroxylation is 1. The second-order valence-electron chi connectivity index (χ2n) is 9.72. The van der Waals surface area contributed by atoms with E-state index < -0.39 is 0 Å². The molecule has 1 saturated heterocycles. The van der Waals surface area contributed by atoms with Crippen molar-refractivity contribution in [3.8, 4) is 17.0 Å². The van der Waals surface area contributed by atoms with Crippen LogP contribution in [0.1, 0.15) is 40.9 Å². The van der Waals surface area contributed by atoms with Gasteiger partial charge in [-0.05, 0) is 74.7 Å². The van der Waals surface area contributed by atoms with Crippen molar-refractivity contribution in [2.24, 2.45) is 0 Å². The lowest BCUT2D eigenvalue weighted by molar-refractivity contribution is 0.102. The number of rotatable bonds is 11. The van der Waals surface area contributed by atoms with E-state index in [2.05, 4.69) is 36.2 Å². The number of hydrogen-bond acceptors (Lipinski definition) is 7. The van der Waals surface area contributed by atoms with Crippen LogP contribution < -0.4 is 20.7 Å². The molecule has 0 unspecified atom stereocenters. The van der Waals surface area contributed by atoms with Crippen molar-refractivity contribution in [1.29, 1.82) is 0 Å². The highest BCUT2D eigenvalue weighted by molar-refractivity contribution is 6.04. The average molecular weight is 544 g/mol. The van der Waals surface area contributed by atoms with Crippen molar-refractivity contribution in [2.45, 2.75) is 32.7 Å². The lowest BCUT2D eigenvalue weighted by Gasteiger charge is -2.14. The van der Waals surface area contributed by atoms with E-state index >= 15 is 0 Å². The lowest BCUT2D eigenvalue weighted by Crippen LogP contribution is -2.28. The van der Waals surface area contributed by atoms with E-state index in [0.717, 1.165) is 35.5 Å². The van der Waals surface area contributed by atoms with Crippen molar-refractivity contribution < 1.29 is 18.8 Å². The Balaban J connectivity index is 1.06. The Hall–Kier alpha value is -4.64. The molecule has 2 aromatic carbocycles. The number of amides is 3. The van der Waals surface area contributed by atoms with Gasteiger partial charge in [0.15, 0.2) is 11.6 Å². The molecule has 4 N–H and O–H groups in total. The monoisotopic (exact) mass is 543 g/mol. The predicted molar refractivity (Wildman–Crippen MR) is 151 cm³/mol. The van der Waals surface area contributed by atoms with Crippen molar-refractivity contribution in [2.75, 3.05) is 36.9 Å². The third-order valence-electron chi connectivity index (χ3n) is 6.61. The van der Waals surface area contributed by atoms with Crippen LogP contribution in [0.2, 0.25) is 0 Å². The van der Waals surface area contributed by atoms with E-state index in [-0.39, 0.29) is 11.9 Å². The van der Waals surface area contributed by atoms with Gasteiger partial charge in [0.2, 0.25) is 0 Å². The van der Waals surface area contributed by atoms with Crippen LogP contribution >= 0.6 is 0 Å². The molecule has 1 fully saturated rings. The van der Waals surface area contributed by atoms with Crippen LogP contribution in [0.4, 0.5) is 16.4 Å². The molecule has 11 nitrogen and oxygen atoms in total. The molecule has 2 aromatic heterocycles. The first-order valence-corrected chi connectivity index (χ1v) is 13.4. The van der Waals surface area contributed by atoms with Crippen LogP contribution in [0, 0.1) is 6.92 Å². The first-order valence-electron chi connectivity index (χ1n) is 13.4. The van der Waals surface area contributed by atoms with Crippen molar-refractivity contribution in [3.63, 3.8) is 0 Å². The number of benzene rings is 2. The fourth-order valence-corrected chi connectivity index (χ4v) is 4.48. The van der Waals surface area contributed by atoms with Gasteiger partial charge in [-0.25, -0.2) is 4.79 Å². The van der Waals surface area contributed by atoms with Gasteiger partial charge in [-0.3, -0.25) is 15.2 Å². The average Bonchev–Trinajstić information content (AvgIpc) is 3.74. The summed E-state index contributed by atoms with van der Waals surface area (Å²) < 4.78 is 10.8. The summed E-state index contributed by atoms with van der Waals surface area (Å²) in [4.78, 5) is 27.2. The molecule has 3 heterocycles. The quantitative estimate of drug-likeness (QED) is 0.199. The van der Waals surface area contributed by atoms with Gasteiger partial charge in [0.1, 0.15) is 11.5 Å². The normalized spacial score (nSPS) is 13.2. The predicted octanol–water partition coefficient (Wildman–Crippen LogP) is 4.81. The topological polar surface area (TPSA) is 137 Å². The SMILES string of the molecule is Cc1cc(NC(=O)NCc2ccc(-c3cc(NC(=O)c4ccc(OCCCN5CCCC5)cc4)n[nH]3)cc2)no1. The summed E-state index contributed by atoms with van der Waals surface area (Å²) >= 11 is 0. The summed E-state index contributed by atoms with van der Waals surface area (Å²) in [6.07, 6.45) is 3.58. The van der Waals surface area contributed by atoms with Crippen LogP contribution in [0.15, 0.2) is 65.2 Å². The van der Waals surface area contributed by atoms with Gasteiger partial charge in [-0.2, -0.15) is 5.10 Å². The molecule has 11 heteroatoms. The molecule has 208 valence electrons. The van der Waals surface area contributed by atoms with Gasteiger partial charge in [-0.15, -0.1) is 0 Å². The van der Waals surface area contributed by atoms with Gasteiger partial charge in [0, 0.05) is 30.8 Å². The van der Waals surface area contributed by atoms with Gasteiger partial charge >= 0.3 is 6.03 Å². The number of carbonyl (C=O) groups excluding carboxylic acids is 2. The number of urea groups is 1. The number of nitrogens with one attached hydrogen (secondary N) is 4. The fourth-order valence-electron chi connectivity index (χ4n) is 4.48. The highest BCUT2D eigenvalue weighted by Crippen LogP contribution is 2.21. The molecule has 0 bridgehead atoms. The molecule has 1 aliphatic heterocycles. The van der Waals surface area contributed by atoms with Crippen LogP contribution in [0.3, 0.4) is 0 Å². The number of hydrogen-bond donors (Lipinski definition) is 4. The summed E-state index contributed by atoms with van der Waals surface area (Å²) in [6.45, 7) is 6.21. The number of carbonyl (C=O) groups is 2. The number of H-pyrrole nitrogens is 1. The van der Waals surface area contributed by atoms with E-state index in [1.54, 1.807) is 31.2 Å². The molecule has 5 rings (SSSR count). The van der Waals surface area contributed by atoms with E-state index in [1.807, 2.05) is 36.4 Å². The van der Waals surface area contributed by atoms with Gasteiger partial charge in [-0.1, -0.05) is 29.4 Å². The summed E-state index contributed by atoms with van der Waals surface area (Å²) in [5, 5.41) is 19.1. The lowest BCUT2D eigenvalue weighted by atomic mass is 10.1. The first kappa shape index (κ1) is 26.9. The Labute approximate surface area is 232 Å². The molecule has 0 aliphatic carbocycles. The Morgan fingerprint density at radius 2 is 1.77 bits per heavy atom. The van der Waals surface area contributed by atoms with Crippen LogP contribution in [-0.2, 0) is 6.54 Å². The van der Waals surface area contributed by atoms with Crippen molar-refractivity contribution in [1.82, 2.24) is 25.6 Å². The molecule has 4 aromatic rings. The molecule has 0 radical (unpaired) electrons. The van der Waals surface area contributed by atoms with E-state index in [4.69, 9.17) is 9.26 Å². The van der Waals surface area contributed by atoms with Gasteiger partial charge < -0.3 is 24.8 Å². The molecule has 0 atom stereocenters. The molecular weight excluding hydrogens is 510 g/mol. The Bertz CT molecular complexity index is 1410. The number of anilines is 2. The second-order valence-corrected chi connectivity index (χ2v) is 9.72. The molecule has 3 amide bonds. The summed E-state index contributed by atoms with van der Waals surface area (Å²) in [5.41, 5.74) is 3.09. The van der Waals surface area contributed by atoms with E-state index in [1.165, 1.54) is 25.9 Å². The number of aromatic amines is 1. The summed E-state index contributed by atoms with van der Waals surface area (Å²) in [7, 11) is 0. The van der Waals surface area contributed by atoms with E-state index in [9.17, 15) is 9.59 Å². The number of likely N-dealkylation sites (tertiary alicyclic amines) is 1. The van der Waals surface area contributed by atoms with Crippen LogP contribution in [0.5, 0.6) is 5.75 Å². The van der Waals surface area contributed by atoms with Crippen LogP contribution in [-0.4, -0.2) is 58.4 Å². The first-order chi connectivity index (χ1) is 19.5. The zero-order chi connectivity index (χ0) is 27.7. The van der Waals surface area contributed by atoms with Crippen molar-refractivity contribution in [3.05, 3.63) is 77.6 Å². The maximum Gasteiger partial charge on any atom is 0.320 e. The maximum absolute atomic E-state index is 12.7. The third-order valence-corrected chi connectivity index (χ3v) is 6.61. The third kappa shape index (κ3) is 7.48. The molecule has 0 spiro atoms. The zero-order valence-corrected chi connectivity index (χ0v) is 22.4. The Morgan fingerprint density at radius 3 is 2.50 bits per heavy atom. The van der Waals surface area contributed by atoms with Gasteiger partial charge in [0.25, 0.3) is 5.91 Å². The van der Waals surface area contributed by atoms with Crippen molar-refractivity contribution >= 4 is 23.6 Å². The number of nitrogens with zero attached hydrogens (tertiary/aromatic N) is 3. The molecule has 40 heavy (non-hydrogen) atoms. The number of aromatic nitrogens is 3. The summed E-state index contributed by atoms with van der Waals surface area (Å²) in [5.74, 6) is 1.90.